The van der Waals surface area contributed by atoms with Gasteiger partial charge in [0, 0.05) is 0 Å². The first kappa shape index (κ1) is 4.86. The Morgan fingerprint density at radius 2 is 1.50 bits per heavy atom. The maximum absolute atomic E-state index is 4.88. The predicted molar refractivity (Wildman–Crippen MR) is 29.3 cm³/mol. The van der Waals surface area contributed by atoms with Crippen molar-refractivity contribution in [2.45, 2.75) is 3.72 Å². The van der Waals surface area contributed by atoms with Crippen molar-refractivity contribution in [2.24, 2.45) is 0 Å². The fourth-order valence-corrected chi connectivity index (χ4v) is 0. The van der Waals surface area contributed by atoms with Gasteiger partial charge in [0.25, 0.3) is 0 Å². The van der Waals surface area contributed by atoms with E-state index in [0.29, 0.717) is 0 Å². The van der Waals surface area contributed by atoms with Crippen molar-refractivity contribution in [3.63, 3.8) is 0 Å². The Bertz CT molecular complexity index is 10.8. The van der Waals surface area contributed by atoms with Crippen LogP contribution in [-0.2, 0) is 0 Å². The van der Waals surface area contributed by atoms with E-state index >= 15 is 0 Å². The summed E-state index contributed by atoms with van der Waals surface area (Å²) in [6, 6.07) is 0. The molecule has 0 spiro atoms. The van der Waals surface area contributed by atoms with E-state index in [2.05, 4.69) is 0 Å². The molecule has 0 aliphatic heterocycles. The average Bonchev–Trinajstić information content (AvgIpc) is 0.811. The van der Waals surface area contributed by atoms with Crippen molar-refractivity contribution < 1.29 is 0 Å². The van der Waals surface area contributed by atoms with Gasteiger partial charge in [-0.15, -0.1) is 22.6 Å². The fourth-order valence-electron chi connectivity index (χ4n) is 0. The SMILES string of the molecule is [B]C([B])I. The Balaban J connectivity index is 2.32. The molecule has 0 saturated heterocycles. The number of hydrogen-bond donors (Lipinski definition) is 0. The Morgan fingerprint density at radius 3 is 1.50 bits per heavy atom. The van der Waals surface area contributed by atoms with Crippen LogP contribution in [0.15, 0.2) is 0 Å². The summed E-state index contributed by atoms with van der Waals surface area (Å²) in [5.41, 5.74) is 0. The van der Waals surface area contributed by atoms with Crippen LogP contribution in [0.1, 0.15) is 0 Å². The highest BCUT2D eigenvalue weighted by atomic mass is 127. The third-order valence-corrected chi connectivity index (χ3v) is 0. The lowest BCUT2D eigenvalue weighted by molar-refractivity contribution is 2.10. The van der Waals surface area contributed by atoms with Crippen LogP contribution in [-0.4, -0.2) is 19.4 Å². The minimum atomic E-state index is -0.197. The van der Waals surface area contributed by atoms with E-state index in [-0.39, 0.29) is 3.72 Å². The molecular weight excluding hydrogens is 161 g/mol. The molecule has 0 aliphatic carbocycles. The highest BCUT2D eigenvalue weighted by molar-refractivity contribution is 14.1. The molecule has 0 heterocycles. The van der Waals surface area contributed by atoms with E-state index in [4.69, 9.17) is 15.7 Å². The second kappa shape index (κ2) is 2.12. The lowest BCUT2D eigenvalue weighted by Crippen LogP contribution is -1.89. The topological polar surface area (TPSA) is 0 Å². The smallest absolute Gasteiger partial charge is 0.0713 e. The van der Waals surface area contributed by atoms with Gasteiger partial charge < -0.3 is 0 Å². The maximum atomic E-state index is 4.88. The zero-order valence-corrected chi connectivity index (χ0v) is 4.27. The molecule has 0 bridgehead atoms. The predicted octanol–water partition coefficient (Wildman–Crippen LogP) is 0.0420. The average molecular weight is 162 g/mol. The molecule has 0 aromatic heterocycles. The standard InChI is InChI=1S/CHB2I/c2-1(3)4/h1H. The summed E-state index contributed by atoms with van der Waals surface area (Å²) in [5.74, 6) is 0. The van der Waals surface area contributed by atoms with E-state index < -0.39 is 0 Å². The molecule has 0 N–H and O–H groups in total. The highest BCUT2D eigenvalue weighted by Gasteiger charge is 1.71. The molecule has 0 rings (SSSR count). The van der Waals surface area contributed by atoms with E-state index in [0.717, 1.165) is 0 Å². The van der Waals surface area contributed by atoms with Crippen LogP contribution in [0.2, 0.25) is 0 Å². The van der Waals surface area contributed by atoms with E-state index in [1.165, 1.54) is 0 Å². The summed E-state index contributed by atoms with van der Waals surface area (Å²) < 4.78 is -0.197. The second-order valence-electron chi connectivity index (χ2n) is 0.444. The van der Waals surface area contributed by atoms with Crippen molar-refractivity contribution >= 4 is 38.3 Å². The molecule has 4 heavy (non-hydrogen) atoms. The summed E-state index contributed by atoms with van der Waals surface area (Å²) in [4.78, 5) is 0. The van der Waals surface area contributed by atoms with Crippen molar-refractivity contribution in [1.82, 2.24) is 0 Å². The van der Waals surface area contributed by atoms with Crippen molar-refractivity contribution in [3.8, 4) is 0 Å². The zero-order valence-electron chi connectivity index (χ0n) is 2.11. The number of alkyl halides is 1. The van der Waals surface area contributed by atoms with Gasteiger partial charge in [-0.25, -0.2) is 0 Å². The molecule has 0 aliphatic rings. The van der Waals surface area contributed by atoms with Gasteiger partial charge in [-0.1, -0.05) is 3.72 Å². The van der Waals surface area contributed by atoms with Gasteiger partial charge in [-0.2, -0.15) is 0 Å². The third kappa shape index (κ3) is 13.4. The molecule has 0 saturated carbocycles. The van der Waals surface area contributed by atoms with Crippen LogP contribution >= 0.6 is 22.6 Å². The number of rotatable bonds is 0. The molecular formula is CHB2I. The summed E-state index contributed by atoms with van der Waals surface area (Å²) in [6.45, 7) is 0. The summed E-state index contributed by atoms with van der Waals surface area (Å²) in [5, 5.41) is 0. The Morgan fingerprint density at radius 1 is 1.50 bits per heavy atom. The fraction of sp³-hybridized carbons (Fsp3) is 1.00. The van der Waals surface area contributed by atoms with Crippen molar-refractivity contribution in [3.05, 3.63) is 0 Å². The maximum Gasteiger partial charge on any atom is 0.0713 e. The second-order valence-corrected chi connectivity index (χ2v) is 1.88. The normalized spacial score (nSPS) is 8.50. The first-order valence-electron chi connectivity index (χ1n) is 0.885. The molecule has 18 valence electrons. The molecule has 0 fully saturated rings. The Hall–Kier alpha value is 0.860. The molecule has 4 radical (unpaired) electrons. The molecule has 0 aromatic carbocycles. The quantitative estimate of drug-likeness (QED) is 0.267. The Kier molecular flexibility index (Phi) is 2.57. The van der Waals surface area contributed by atoms with Gasteiger partial charge >= 0.3 is 0 Å². The molecule has 0 unspecified atom stereocenters. The van der Waals surface area contributed by atoms with Crippen molar-refractivity contribution in [2.75, 3.05) is 0 Å². The Labute approximate surface area is 42.3 Å². The van der Waals surface area contributed by atoms with Crippen molar-refractivity contribution in [1.29, 1.82) is 0 Å². The summed E-state index contributed by atoms with van der Waals surface area (Å²) in [7, 11) is 9.75. The first-order valence-corrected chi connectivity index (χ1v) is 2.13. The first-order chi connectivity index (χ1) is 1.73. The van der Waals surface area contributed by atoms with Crippen LogP contribution in [0.3, 0.4) is 0 Å². The van der Waals surface area contributed by atoms with E-state index in [1.807, 2.05) is 22.6 Å². The van der Waals surface area contributed by atoms with Crippen LogP contribution in [0, 0.1) is 0 Å². The van der Waals surface area contributed by atoms with Gasteiger partial charge in [0.05, 0.1) is 15.7 Å². The summed E-state index contributed by atoms with van der Waals surface area (Å²) in [6.07, 6.45) is 0. The van der Waals surface area contributed by atoms with Crippen LogP contribution < -0.4 is 0 Å². The summed E-state index contributed by atoms with van der Waals surface area (Å²) >= 11 is 1.90. The monoisotopic (exact) mass is 162 g/mol. The van der Waals surface area contributed by atoms with Gasteiger partial charge in [-0.05, 0) is 0 Å². The largest absolute Gasteiger partial charge is 0.103 e. The third-order valence-electron chi connectivity index (χ3n) is 0. The van der Waals surface area contributed by atoms with Gasteiger partial charge in [0.15, 0.2) is 0 Å². The van der Waals surface area contributed by atoms with Gasteiger partial charge in [0.1, 0.15) is 0 Å². The molecule has 0 atom stereocenters. The van der Waals surface area contributed by atoms with Crippen LogP contribution in [0.5, 0.6) is 0 Å². The lowest BCUT2D eigenvalue weighted by atomic mass is 9.87. The minimum Gasteiger partial charge on any atom is -0.103 e. The van der Waals surface area contributed by atoms with Gasteiger partial charge in [-0.3, -0.25) is 0 Å². The minimum absolute atomic E-state index is 0.197. The molecule has 0 aromatic rings. The lowest BCUT2D eigenvalue weighted by Gasteiger charge is -1.76. The molecule has 0 amide bonds. The highest BCUT2D eigenvalue weighted by Crippen LogP contribution is 1.80. The zero-order chi connectivity index (χ0) is 3.58. The number of hydrogen-bond acceptors (Lipinski definition) is 0. The van der Waals surface area contributed by atoms with Gasteiger partial charge in [0.2, 0.25) is 0 Å². The van der Waals surface area contributed by atoms with E-state index in [1.54, 1.807) is 0 Å². The molecule has 0 nitrogen and oxygen atoms in total. The molecule has 3 heteroatoms. The van der Waals surface area contributed by atoms with Crippen LogP contribution in [0.25, 0.3) is 0 Å². The van der Waals surface area contributed by atoms with Crippen LogP contribution in [0.4, 0.5) is 0 Å². The van der Waals surface area contributed by atoms with E-state index in [9.17, 15) is 0 Å². The number of halogens is 1.